The highest BCUT2D eigenvalue weighted by molar-refractivity contribution is 8.01. The van der Waals surface area contributed by atoms with Crippen LogP contribution in [0.3, 0.4) is 0 Å². The number of likely N-dealkylation sites (N-methyl/N-ethyl adjacent to an activating group) is 1. The summed E-state index contributed by atoms with van der Waals surface area (Å²) in [6, 6.07) is -0.436. The molecule has 2 aliphatic heterocycles. The predicted molar refractivity (Wildman–Crippen MR) is 75.2 cm³/mol. The van der Waals surface area contributed by atoms with Crippen LogP contribution in [0.2, 0.25) is 0 Å². The fourth-order valence-electron chi connectivity index (χ4n) is 2.87. The largest absolute Gasteiger partial charge is 0.481 e. The van der Waals surface area contributed by atoms with E-state index in [0.717, 1.165) is 6.42 Å². The van der Waals surface area contributed by atoms with E-state index in [1.165, 1.54) is 4.90 Å². The molecular formula is C13H20N2O4S. The highest BCUT2D eigenvalue weighted by Gasteiger charge is 2.53. The van der Waals surface area contributed by atoms with Crippen LogP contribution in [0, 0.1) is 0 Å². The first-order chi connectivity index (χ1) is 9.39. The summed E-state index contributed by atoms with van der Waals surface area (Å²) in [4.78, 5) is 38.2. The second-order valence-electron chi connectivity index (χ2n) is 5.33. The Bertz CT molecular complexity index is 442. The Labute approximate surface area is 122 Å². The van der Waals surface area contributed by atoms with Crippen LogP contribution in [0.5, 0.6) is 0 Å². The molecule has 2 heterocycles. The van der Waals surface area contributed by atoms with Gasteiger partial charge in [0.2, 0.25) is 11.8 Å². The predicted octanol–water partition coefficient (Wildman–Crippen LogP) is 0.764. The van der Waals surface area contributed by atoms with Crippen molar-refractivity contribution in [2.24, 2.45) is 0 Å². The molecule has 1 N–H and O–H groups in total. The van der Waals surface area contributed by atoms with Crippen molar-refractivity contribution in [3.05, 3.63) is 0 Å². The molecule has 2 rings (SSSR count). The molecule has 2 amide bonds. The molecule has 20 heavy (non-hydrogen) atoms. The van der Waals surface area contributed by atoms with E-state index < -0.39 is 12.0 Å². The maximum atomic E-state index is 12.5. The van der Waals surface area contributed by atoms with Gasteiger partial charge in [-0.2, -0.15) is 0 Å². The third-order valence-electron chi connectivity index (χ3n) is 4.02. The molecule has 0 aromatic carbocycles. The van der Waals surface area contributed by atoms with Gasteiger partial charge in [0.15, 0.2) is 0 Å². The number of fused-ring (bicyclic) bond motifs is 1. The van der Waals surface area contributed by atoms with Crippen molar-refractivity contribution in [3.8, 4) is 0 Å². The summed E-state index contributed by atoms with van der Waals surface area (Å²) in [5.41, 5.74) is 0. The highest BCUT2D eigenvalue weighted by atomic mass is 32.2. The fraction of sp³-hybridized carbons (Fsp3) is 0.769. The number of carbonyl (C=O) groups excluding carboxylic acids is 2. The number of amides is 2. The topological polar surface area (TPSA) is 77.9 Å². The van der Waals surface area contributed by atoms with Crippen molar-refractivity contribution in [1.29, 1.82) is 0 Å². The van der Waals surface area contributed by atoms with Crippen molar-refractivity contribution in [2.75, 3.05) is 18.8 Å². The van der Waals surface area contributed by atoms with Gasteiger partial charge in [0, 0.05) is 25.3 Å². The van der Waals surface area contributed by atoms with E-state index in [1.807, 2.05) is 13.8 Å². The summed E-state index contributed by atoms with van der Waals surface area (Å²) in [5.74, 6) is -0.408. The number of carboxylic acids is 1. The van der Waals surface area contributed by atoms with E-state index >= 15 is 0 Å². The zero-order valence-electron chi connectivity index (χ0n) is 11.8. The van der Waals surface area contributed by atoms with Gasteiger partial charge in [-0.05, 0) is 20.3 Å². The number of carboxylic acid groups (broad SMARTS) is 1. The van der Waals surface area contributed by atoms with Crippen molar-refractivity contribution in [1.82, 2.24) is 9.80 Å². The lowest BCUT2D eigenvalue weighted by atomic mass is 10.2. The Hall–Kier alpha value is -1.24. The number of carbonyl (C=O) groups is 3. The Morgan fingerprint density at radius 1 is 1.55 bits per heavy atom. The van der Waals surface area contributed by atoms with Gasteiger partial charge in [0.25, 0.3) is 0 Å². The number of aliphatic carboxylic acids is 1. The van der Waals surface area contributed by atoms with Crippen LogP contribution in [-0.4, -0.2) is 62.4 Å². The normalized spacial score (nSPS) is 28.6. The van der Waals surface area contributed by atoms with Crippen molar-refractivity contribution in [2.45, 2.75) is 44.0 Å². The lowest BCUT2D eigenvalue weighted by Gasteiger charge is -2.32. The molecule has 0 saturated carbocycles. The minimum absolute atomic E-state index is 0.0325. The van der Waals surface area contributed by atoms with E-state index in [0.29, 0.717) is 18.7 Å². The molecule has 0 aliphatic carbocycles. The molecule has 0 spiro atoms. The van der Waals surface area contributed by atoms with E-state index in [9.17, 15) is 14.4 Å². The lowest BCUT2D eigenvalue weighted by Crippen LogP contribution is -2.51. The summed E-state index contributed by atoms with van der Waals surface area (Å²) in [5, 5.41) is 8.73. The summed E-state index contributed by atoms with van der Waals surface area (Å²) in [7, 11) is 0. The van der Waals surface area contributed by atoms with E-state index in [-0.39, 0.29) is 29.7 Å². The van der Waals surface area contributed by atoms with Crippen molar-refractivity contribution >= 4 is 29.5 Å². The van der Waals surface area contributed by atoms with Crippen molar-refractivity contribution in [3.63, 3.8) is 0 Å². The summed E-state index contributed by atoms with van der Waals surface area (Å²) in [6.45, 7) is 4.49. The number of hydrogen-bond acceptors (Lipinski definition) is 4. The Kier molecular flexibility index (Phi) is 4.27. The monoisotopic (exact) mass is 300 g/mol. The number of nitrogens with zero attached hydrogens (tertiary/aromatic N) is 2. The second kappa shape index (κ2) is 5.63. The molecule has 2 saturated heterocycles. The van der Waals surface area contributed by atoms with E-state index in [2.05, 4.69) is 0 Å². The Balaban J connectivity index is 2.08. The second-order valence-corrected chi connectivity index (χ2v) is 6.83. The van der Waals surface area contributed by atoms with Crippen LogP contribution in [0.1, 0.15) is 33.1 Å². The van der Waals surface area contributed by atoms with Gasteiger partial charge in [-0.25, -0.2) is 0 Å². The van der Waals surface area contributed by atoms with E-state index in [1.54, 1.807) is 16.7 Å². The third-order valence-corrected chi connectivity index (χ3v) is 5.52. The Morgan fingerprint density at radius 3 is 2.85 bits per heavy atom. The molecule has 2 atom stereocenters. The maximum Gasteiger partial charge on any atom is 0.305 e. The summed E-state index contributed by atoms with van der Waals surface area (Å²) >= 11 is 1.65. The number of hydrogen-bond donors (Lipinski definition) is 1. The van der Waals surface area contributed by atoms with Crippen LogP contribution in [0.4, 0.5) is 0 Å². The summed E-state index contributed by atoms with van der Waals surface area (Å²) in [6.07, 6.45) is 1.21. The zero-order valence-corrected chi connectivity index (χ0v) is 12.6. The van der Waals surface area contributed by atoms with Gasteiger partial charge >= 0.3 is 5.97 Å². The number of thioether (sulfide) groups is 1. The standard InChI is InChI=1S/C13H20N2O4S/c1-3-14(7-5-11(17)18)12(19)9-8-20-13(2)6-4-10(16)15(9)13/h9H,3-8H2,1-2H3,(H,17,18). The molecule has 0 aromatic rings. The maximum absolute atomic E-state index is 12.5. The molecule has 0 bridgehead atoms. The van der Waals surface area contributed by atoms with Crippen molar-refractivity contribution < 1.29 is 19.5 Å². The molecule has 0 radical (unpaired) electrons. The molecular weight excluding hydrogens is 280 g/mol. The van der Waals surface area contributed by atoms with Crippen LogP contribution in [-0.2, 0) is 14.4 Å². The highest BCUT2D eigenvalue weighted by Crippen LogP contribution is 2.47. The first-order valence-electron chi connectivity index (χ1n) is 6.85. The average Bonchev–Trinajstić information content (AvgIpc) is 2.87. The summed E-state index contributed by atoms with van der Waals surface area (Å²) < 4.78 is 0. The fourth-order valence-corrected chi connectivity index (χ4v) is 4.29. The SMILES string of the molecule is CCN(CCC(=O)O)C(=O)C1CSC2(C)CCC(=O)N12. The Morgan fingerprint density at radius 2 is 2.25 bits per heavy atom. The quantitative estimate of drug-likeness (QED) is 0.811. The van der Waals surface area contributed by atoms with Crippen LogP contribution in [0.25, 0.3) is 0 Å². The molecule has 2 aliphatic rings. The van der Waals surface area contributed by atoms with Gasteiger partial charge in [-0.1, -0.05) is 0 Å². The molecule has 2 unspecified atom stereocenters. The first kappa shape index (κ1) is 15.2. The molecule has 112 valence electrons. The molecule has 6 nitrogen and oxygen atoms in total. The van der Waals surface area contributed by atoms with Gasteiger partial charge in [0.05, 0.1) is 11.3 Å². The average molecular weight is 300 g/mol. The molecule has 2 fully saturated rings. The van der Waals surface area contributed by atoms with Gasteiger partial charge in [0.1, 0.15) is 6.04 Å². The number of rotatable bonds is 5. The smallest absolute Gasteiger partial charge is 0.305 e. The molecule has 0 aromatic heterocycles. The zero-order chi connectivity index (χ0) is 14.9. The van der Waals surface area contributed by atoms with Crippen LogP contribution in [0.15, 0.2) is 0 Å². The minimum Gasteiger partial charge on any atom is -0.481 e. The lowest BCUT2D eigenvalue weighted by molar-refractivity contribution is -0.145. The third kappa shape index (κ3) is 2.63. The van der Waals surface area contributed by atoms with E-state index in [4.69, 9.17) is 5.11 Å². The molecule has 7 heteroatoms. The van der Waals surface area contributed by atoms with Crippen LogP contribution < -0.4 is 0 Å². The van der Waals surface area contributed by atoms with Gasteiger partial charge in [-0.15, -0.1) is 11.8 Å². The minimum atomic E-state index is -0.917. The van der Waals surface area contributed by atoms with Gasteiger partial charge < -0.3 is 14.9 Å². The van der Waals surface area contributed by atoms with Crippen LogP contribution >= 0.6 is 11.8 Å². The van der Waals surface area contributed by atoms with Gasteiger partial charge in [-0.3, -0.25) is 14.4 Å². The first-order valence-corrected chi connectivity index (χ1v) is 7.84.